The zero-order valence-electron chi connectivity index (χ0n) is 11.5. The summed E-state index contributed by atoms with van der Waals surface area (Å²) in [7, 11) is 0. The second-order valence-corrected chi connectivity index (χ2v) is 5.50. The van der Waals surface area contributed by atoms with Crippen LogP contribution in [0.15, 0.2) is 40.9 Å². The number of amides is 1. The van der Waals surface area contributed by atoms with Crippen molar-refractivity contribution >= 4 is 33.2 Å². The minimum Gasteiger partial charge on any atom is -0.321 e. The van der Waals surface area contributed by atoms with Crippen LogP contribution in [0.25, 0.3) is 0 Å². The number of aryl methyl sites for hydroxylation is 2. The zero-order valence-corrected chi connectivity index (χ0v) is 13.1. The van der Waals surface area contributed by atoms with Crippen LogP contribution < -0.4 is 5.32 Å². The molecule has 0 atom stereocenters. The molecule has 0 saturated heterocycles. The molecule has 0 spiro atoms. The third-order valence-electron chi connectivity index (χ3n) is 3.12. The number of rotatable bonds is 3. The number of nitro groups is 1. The van der Waals surface area contributed by atoms with Gasteiger partial charge in [-0.25, -0.2) is 0 Å². The molecule has 2 rings (SSSR count). The highest BCUT2D eigenvalue weighted by Crippen LogP contribution is 2.26. The van der Waals surface area contributed by atoms with Gasteiger partial charge in [0.1, 0.15) is 0 Å². The Morgan fingerprint density at radius 2 is 1.81 bits per heavy atom. The molecule has 0 bridgehead atoms. The Bertz CT molecular complexity index is 709. The predicted molar refractivity (Wildman–Crippen MR) is 84.7 cm³/mol. The molecular formula is C15H13BrN2O3. The van der Waals surface area contributed by atoms with Crippen LogP contribution in [-0.2, 0) is 0 Å². The molecule has 1 N–H and O–H groups in total. The predicted octanol–water partition coefficient (Wildman–Crippen LogP) is 4.23. The van der Waals surface area contributed by atoms with Crippen LogP contribution in [-0.4, -0.2) is 10.8 Å². The van der Waals surface area contributed by atoms with Gasteiger partial charge in [0, 0.05) is 17.3 Å². The number of hydrogen-bond donors (Lipinski definition) is 1. The number of anilines is 1. The van der Waals surface area contributed by atoms with Crippen LogP contribution in [0.3, 0.4) is 0 Å². The summed E-state index contributed by atoms with van der Waals surface area (Å²) in [5.41, 5.74) is 2.72. The fraction of sp³-hybridized carbons (Fsp3) is 0.133. The van der Waals surface area contributed by atoms with E-state index in [1.807, 2.05) is 32.0 Å². The van der Waals surface area contributed by atoms with Crippen molar-refractivity contribution in [1.29, 1.82) is 0 Å². The number of carbonyl (C=O) groups is 1. The zero-order chi connectivity index (χ0) is 15.6. The van der Waals surface area contributed by atoms with Crippen LogP contribution in [0.2, 0.25) is 0 Å². The maximum atomic E-state index is 12.3. The van der Waals surface area contributed by atoms with Crippen molar-refractivity contribution in [2.24, 2.45) is 0 Å². The second-order valence-electron chi connectivity index (χ2n) is 4.64. The van der Waals surface area contributed by atoms with Crippen molar-refractivity contribution in [2.75, 3.05) is 5.32 Å². The lowest BCUT2D eigenvalue weighted by molar-refractivity contribution is -0.385. The fourth-order valence-corrected chi connectivity index (χ4v) is 2.38. The minimum absolute atomic E-state index is 0.135. The molecule has 2 aromatic carbocycles. The number of benzene rings is 2. The SMILES string of the molecule is Cc1cccc(C)c1NC(=O)c1ccc(Br)c([N+](=O)[O-])c1. The van der Waals surface area contributed by atoms with Gasteiger partial charge in [-0.05, 0) is 53.0 Å². The highest BCUT2D eigenvalue weighted by molar-refractivity contribution is 9.10. The Morgan fingerprint density at radius 1 is 1.19 bits per heavy atom. The highest BCUT2D eigenvalue weighted by Gasteiger charge is 2.16. The van der Waals surface area contributed by atoms with Gasteiger partial charge in [0.2, 0.25) is 0 Å². The van der Waals surface area contributed by atoms with Crippen molar-refractivity contribution in [3.05, 3.63) is 67.7 Å². The average Bonchev–Trinajstić information content (AvgIpc) is 2.43. The second kappa shape index (κ2) is 6.05. The number of halogens is 1. The molecule has 0 aliphatic heterocycles. The molecule has 0 unspecified atom stereocenters. The first-order valence-electron chi connectivity index (χ1n) is 6.21. The van der Waals surface area contributed by atoms with Crippen molar-refractivity contribution in [1.82, 2.24) is 0 Å². The number of carbonyl (C=O) groups excluding carboxylic acids is 1. The molecule has 1 amide bonds. The van der Waals surface area contributed by atoms with E-state index in [0.29, 0.717) is 4.47 Å². The summed E-state index contributed by atoms with van der Waals surface area (Å²) in [6.07, 6.45) is 0. The fourth-order valence-electron chi connectivity index (χ4n) is 1.99. The Kier molecular flexibility index (Phi) is 4.37. The molecule has 0 radical (unpaired) electrons. The third kappa shape index (κ3) is 3.28. The summed E-state index contributed by atoms with van der Waals surface area (Å²) in [5.74, 6) is -0.372. The monoisotopic (exact) mass is 348 g/mol. The van der Waals surface area contributed by atoms with Gasteiger partial charge in [-0.2, -0.15) is 0 Å². The molecule has 21 heavy (non-hydrogen) atoms. The van der Waals surface area contributed by atoms with Gasteiger partial charge in [-0.1, -0.05) is 18.2 Å². The molecule has 0 aliphatic carbocycles. The lowest BCUT2D eigenvalue weighted by Crippen LogP contribution is -2.14. The van der Waals surface area contributed by atoms with Crippen molar-refractivity contribution < 1.29 is 9.72 Å². The van der Waals surface area contributed by atoms with Gasteiger partial charge >= 0.3 is 0 Å². The van der Waals surface area contributed by atoms with E-state index < -0.39 is 4.92 Å². The normalized spacial score (nSPS) is 10.2. The largest absolute Gasteiger partial charge is 0.321 e. The number of nitrogens with zero attached hydrogens (tertiary/aromatic N) is 1. The molecule has 2 aromatic rings. The molecule has 6 heteroatoms. The van der Waals surface area contributed by atoms with Crippen molar-refractivity contribution in [3.63, 3.8) is 0 Å². The van der Waals surface area contributed by atoms with E-state index in [2.05, 4.69) is 21.2 Å². The molecule has 108 valence electrons. The van der Waals surface area contributed by atoms with Gasteiger partial charge in [0.15, 0.2) is 0 Å². The molecule has 0 saturated carbocycles. The lowest BCUT2D eigenvalue weighted by atomic mass is 10.1. The summed E-state index contributed by atoms with van der Waals surface area (Å²) in [4.78, 5) is 22.6. The van der Waals surface area contributed by atoms with E-state index >= 15 is 0 Å². The van der Waals surface area contributed by atoms with Crippen molar-refractivity contribution in [3.8, 4) is 0 Å². The summed E-state index contributed by atoms with van der Waals surface area (Å²) < 4.78 is 0.344. The lowest BCUT2D eigenvalue weighted by Gasteiger charge is -2.11. The first-order chi connectivity index (χ1) is 9.90. The molecule has 0 aliphatic rings. The van der Waals surface area contributed by atoms with Gasteiger partial charge in [-0.15, -0.1) is 0 Å². The van der Waals surface area contributed by atoms with Crippen molar-refractivity contribution in [2.45, 2.75) is 13.8 Å². The topological polar surface area (TPSA) is 72.2 Å². The van der Waals surface area contributed by atoms with Crippen LogP contribution in [0.5, 0.6) is 0 Å². The quantitative estimate of drug-likeness (QED) is 0.666. The Balaban J connectivity index is 2.33. The van der Waals surface area contributed by atoms with E-state index in [4.69, 9.17) is 0 Å². The van der Waals surface area contributed by atoms with Gasteiger partial charge < -0.3 is 5.32 Å². The van der Waals surface area contributed by atoms with Gasteiger partial charge in [0.25, 0.3) is 11.6 Å². The minimum atomic E-state index is -0.528. The summed E-state index contributed by atoms with van der Waals surface area (Å²) in [6, 6.07) is 9.99. The van der Waals surface area contributed by atoms with E-state index in [9.17, 15) is 14.9 Å². The van der Waals surface area contributed by atoms with Crippen LogP contribution >= 0.6 is 15.9 Å². The van der Waals surface area contributed by atoms with Gasteiger partial charge in [-0.3, -0.25) is 14.9 Å². The number of para-hydroxylation sites is 1. The number of hydrogen-bond acceptors (Lipinski definition) is 3. The molecule has 0 heterocycles. The Labute approximate surface area is 130 Å². The summed E-state index contributed by atoms with van der Waals surface area (Å²) in [6.45, 7) is 3.79. The first kappa shape index (κ1) is 15.2. The van der Waals surface area contributed by atoms with E-state index in [0.717, 1.165) is 16.8 Å². The van der Waals surface area contributed by atoms with Crippen LogP contribution in [0.4, 0.5) is 11.4 Å². The van der Waals surface area contributed by atoms with Crippen LogP contribution in [0, 0.1) is 24.0 Å². The smallest absolute Gasteiger partial charge is 0.284 e. The standard InChI is InChI=1S/C15H13BrN2O3/c1-9-4-3-5-10(2)14(9)17-15(19)11-6-7-12(16)13(8-11)18(20)21/h3-8H,1-2H3,(H,17,19). The third-order valence-corrected chi connectivity index (χ3v) is 3.80. The molecule has 0 fully saturated rings. The molecular weight excluding hydrogens is 336 g/mol. The Hall–Kier alpha value is -2.21. The molecule has 0 aromatic heterocycles. The van der Waals surface area contributed by atoms with Crippen LogP contribution in [0.1, 0.15) is 21.5 Å². The first-order valence-corrected chi connectivity index (χ1v) is 7.01. The molecule has 5 nitrogen and oxygen atoms in total. The maximum Gasteiger partial charge on any atom is 0.284 e. The van der Waals surface area contributed by atoms with Gasteiger partial charge in [0.05, 0.1) is 9.40 Å². The van der Waals surface area contributed by atoms with E-state index in [-0.39, 0.29) is 17.2 Å². The average molecular weight is 349 g/mol. The van der Waals surface area contributed by atoms with E-state index in [1.54, 1.807) is 6.07 Å². The summed E-state index contributed by atoms with van der Waals surface area (Å²) in [5, 5.41) is 13.7. The Morgan fingerprint density at radius 3 is 2.38 bits per heavy atom. The number of nitrogens with one attached hydrogen (secondary N) is 1. The summed E-state index contributed by atoms with van der Waals surface area (Å²) >= 11 is 3.10. The van der Waals surface area contributed by atoms with E-state index in [1.165, 1.54) is 12.1 Å². The number of nitro benzene ring substituents is 1. The highest BCUT2D eigenvalue weighted by atomic mass is 79.9. The maximum absolute atomic E-state index is 12.3.